The first-order valence-electron chi connectivity index (χ1n) is 7.20. The number of aromatic amines is 1. The molecule has 0 saturated carbocycles. The Bertz CT molecular complexity index is 642. The first-order chi connectivity index (χ1) is 9.76. The molecule has 0 atom stereocenters. The van der Waals surface area contributed by atoms with Crippen molar-refractivity contribution in [1.82, 2.24) is 9.88 Å². The van der Waals surface area contributed by atoms with Gasteiger partial charge in [-0.05, 0) is 49.4 Å². The van der Waals surface area contributed by atoms with Crippen molar-refractivity contribution in [3.05, 3.63) is 46.2 Å². The van der Waals surface area contributed by atoms with Crippen molar-refractivity contribution in [2.24, 2.45) is 5.92 Å². The second kappa shape index (κ2) is 5.77. The Balaban J connectivity index is 1.77. The maximum atomic E-state index is 12.1. The number of para-hydroxylation sites is 1. The van der Waals surface area contributed by atoms with Crippen molar-refractivity contribution in [3.8, 4) is 0 Å². The quantitative estimate of drug-likeness (QED) is 0.894. The van der Waals surface area contributed by atoms with E-state index in [1.807, 2.05) is 30.3 Å². The molecule has 1 fully saturated rings. The number of pyridine rings is 1. The first-order valence-corrected chi connectivity index (χ1v) is 7.20. The Labute approximate surface area is 118 Å². The largest absolute Gasteiger partial charge is 0.396 e. The third-order valence-electron chi connectivity index (χ3n) is 4.19. The highest BCUT2D eigenvalue weighted by Gasteiger charge is 2.19. The number of rotatable bonds is 3. The number of hydrogen-bond donors (Lipinski definition) is 2. The number of piperidine rings is 1. The topological polar surface area (TPSA) is 56.3 Å². The van der Waals surface area contributed by atoms with Crippen molar-refractivity contribution >= 4 is 10.9 Å². The van der Waals surface area contributed by atoms with Gasteiger partial charge in [-0.25, -0.2) is 0 Å². The van der Waals surface area contributed by atoms with Crippen LogP contribution in [0.4, 0.5) is 0 Å². The highest BCUT2D eigenvalue weighted by molar-refractivity contribution is 5.78. The van der Waals surface area contributed by atoms with Crippen LogP contribution in [-0.4, -0.2) is 34.7 Å². The smallest absolute Gasteiger partial charge is 0.252 e. The second-order valence-corrected chi connectivity index (χ2v) is 5.61. The molecule has 106 valence electrons. The third kappa shape index (κ3) is 2.76. The molecule has 0 amide bonds. The van der Waals surface area contributed by atoms with Gasteiger partial charge in [0.2, 0.25) is 0 Å². The average Bonchev–Trinajstić information content (AvgIpc) is 2.49. The van der Waals surface area contributed by atoms with Gasteiger partial charge in [0.05, 0.1) is 0 Å². The van der Waals surface area contributed by atoms with Crippen LogP contribution in [0.2, 0.25) is 0 Å². The summed E-state index contributed by atoms with van der Waals surface area (Å²) in [5.41, 5.74) is 1.72. The summed E-state index contributed by atoms with van der Waals surface area (Å²) >= 11 is 0. The predicted molar refractivity (Wildman–Crippen MR) is 79.7 cm³/mol. The molecule has 2 heterocycles. The van der Waals surface area contributed by atoms with Gasteiger partial charge >= 0.3 is 0 Å². The number of benzene rings is 1. The Morgan fingerprint density at radius 3 is 2.75 bits per heavy atom. The molecular formula is C16H20N2O2. The minimum atomic E-state index is 0.00739. The highest BCUT2D eigenvalue weighted by atomic mass is 16.3. The van der Waals surface area contributed by atoms with Crippen molar-refractivity contribution in [1.29, 1.82) is 0 Å². The van der Waals surface area contributed by atoms with E-state index in [1.54, 1.807) is 0 Å². The number of aromatic nitrogens is 1. The monoisotopic (exact) mass is 272 g/mol. The molecule has 4 nitrogen and oxygen atoms in total. The Hall–Kier alpha value is -1.65. The fourth-order valence-electron chi connectivity index (χ4n) is 2.88. The van der Waals surface area contributed by atoms with Crippen LogP contribution in [0.3, 0.4) is 0 Å². The second-order valence-electron chi connectivity index (χ2n) is 5.61. The fourth-order valence-corrected chi connectivity index (χ4v) is 2.88. The molecule has 0 unspecified atom stereocenters. The summed E-state index contributed by atoms with van der Waals surface area (Å²) in [5.74, 6) is 0.432. The van der Waals surface area contributed by atoms with E-state index < -0.39 is 0 Å². The molecule has 3 rings (SSSR count). The molecule has 20 heavy (non-hydrogen) atoms. The molecule has 0 bridgehead atoms. The molecule has 2 aromatic rings. The number of nitrogens with one attached hydrogen (secondary N) is 1. The van der Waals surface area contributed by atoms with E-state index in [0.717, 1.165) is 42.4 Å². The van der Waals surface area contributed by atoms with E-state index in [4.69, 9.17) is 5.11 Å². The molecule has 0 radical (unpaired) electrons. The van der Waals surface area contributed by atoms with Gasteiger partial charge in [0.1, 0.15) is 0 Å². The van der Waals surface area contributed by atoms with Gasteiger partial charge in [-0.1, -0.05) is 18.2 Å². The van der Waals surface area contributed by atoms with Crippen LogP contribution in [-0.2, 0) is 6.54 Å². The van der Waals surface area contributed by atoms with E-state index >= 15 is 0 Å². The van der Waals surface area contributed by atoms with Gasteiger partial charge in [0.25, 0.3) is 5.56 Å². The first kappa shape index (κ1) is 13.3. The van der Waals surface area contributed by atoms with Crippen LogP contribution < -0.4 is 5.56 Å². The van der Waals surface area contributed by atoms with Gasteiger partial charge in [-0.15, -0.1) is 0 Å². The number of H-pyrrole nitrogens is 1. The average molecular weight is 272 g/mol. The summed E-state index contributed by atoms with van der Waals surface area (Å²) in [6, 6.07) is 9.85. The molecular weight excluding hydrogens is 252 g/mol. The highest BCUT2D eigenvalue weighted by Crippen LogP contribution is 2.18. The zero-order valence-electron chi connectivity index (χ0n) is 11.5. The van der Waals surface area contributed by atoms with E-state index in [1.165, 1.54) is 0 Å². The lowest BCUT2D eigenvalue weighted by molar-refractivity contribution is 0.127. The molecule has 2 N–H and O–H groups in total. The molecule has 0 spiro atoms. The Morgan fingerprint density at radius 1 is 1.25 bits per heavy atom. The molecule has 4 heteroatoms. The standard InChI is InChI=1S/C16H20N2O2/c19-11-12-5-7-18(8-6-12)10-14-9-13-3-1-2-4-15(13)17-16(14)20/h1-4,9,12,19H,5-8,10-11H2,(H,17,20). The maximum Gasteiger partial charge on any atom is 0.252 e. The molecule has 1 aliphatic rings. The summed E-state index contributed by atoms with van der Waals surface area (Å²) in [5, 5.41) is 10.2. The van der Waals surface area contributed by atoms with Crippen molar-refractivity contribution in [3.63, 3.8) is 0 Å². The number of aliphatic hydroxyl groups excluding tert-OH is 1. The van der Waals surface area contributed by atoms with Crippen molar-refractivity contribution in [2.45, 2.75) is 19.4 Å². The summed E-state index contributed by atoms with van der Waals surface area (Å²) in [4.78, 5) is 17.3. The lowest BCUT2D eigenvalue weighted by Crippen LogP contribution is -2.35. The van der Waals surface area contributed by atoms with Crippen LogP contribution >= 0.6 is 0 Å². The number of fused-ring (bicyclic) bond motifs is 1. The lowest BCUT2D eigenvalue weighted by Gasteiger charge is -2.30. The Kier molecular flexibility index (Phi) is 3.85. The van der Waals surface area contributed by atoms with Crippen LogP contribution in [0.25, 0.3) is 10.9 Å². The predicted octanol–water partition coefficient (Wildman–Crippen LogP) is 1.73. The zero-order chi connectivity index (χ0) is 13.9. The van der Waals surface area contributed by atoms with Gasteiger partial charge in [-0.3, -0.25) is 9.69 Å². The summed E-state index contributed by atoms with van der Waals surface area (Å²) in [6.07, 6.45) is 2.03. The van der Waals surface area contributed by atoms with E-state index in [-0.39, 0.29) is 12.2 Å². The van der Waals surface area contributed by atoms with Crippen molar-refractivity contribution < 1.29 is 5.11 Å². The van der Waals surface area contributed by atoms with Crippen LogP contribution in [0.15, 0.2) is 35.1 Å². The van der Waals surface area contributed by atoms with Crippen LogP contribution in [0.1, 0.15) is 18.4 Å². The summed E-state index contributed by atoms with van der Waals surface area (Å²) in [6.45, 7) is 2.89. The van der Waals surface area contributed by atoms with Gasteiger partial charge in [-0.2, -0.15) is 0 Å². The maximum absolute atomic E-state index is 12.1. The number of nitrogens with zero attached hydrogens (tertiary/aromatic N) is 1. The molecule has 1 aliphatic heterocycles. The zero-order valence-corrected chi connectivity index (χ0v) is 11.5. The molecule has 1 aromatic heterocycles. The minimum Gasteiger partial charge on any atom is -0.396 e. The van der Waals surface area contributed by atoms with Crippen LogP contribution in [0, 0.1) is 5.92 Å². The number of likely N-dealkylation sites (tertiary alicyclic amines) is 1. The van der Waals surface area contributed by atoms with Gasteiger partial charge in [0.15, 0.2) is 0 Å². The van der Waals surface area contributed by atoms with Crippen molar-refractivity contribution in [2.75, 3.05) is 19.7 Å². The third-order valence-corrected chi connectivity index (χ3v) is 4.19. The van der Waals surface area contributed by atoms with E-state index in [0.29, 0.717) is 12.5 Å². The molecule has 0 aliphatic carbocycles. The lowest BCUT2D eigenvalue weighted by atomic mass is 9.97. The van der Waals surface area contributed by atoms with Gasteiger partial charge < -0.3 is 10.1 Å². The fraction of sp³-hybridized carbons (Fsp3) is 0.438. The van der Waals surface area contributed by atoms with Gasteiger partial charge in [0, 0.05) is 24.2 Å². The SMILES string of the molecule is O=c1[nH]c2ccccc2cc1CN1CCC(CO)CC1. The Morgan fingerprint density at radius 2 is 2.00 bits per heavy atom. The molecule has 1 saturated heterocycles. The normalized spacial score (nSPS) is 17.6. The molecule has 1 aromatic carbocycles. The number of hydrogen-bond acceptors (Lipinski definition) is 3. The summed E-state index contributed by atoms with van der Waals surface area (Å²) < 4.78 is 0. The van der Waals surface area contributed by atoms with E-state index in [2.05, 4.69) is 9.88 Å². The number of aliphatic hydroxyl groups is 1. The van der Waals surface area contributed by atoms with E-state index in [9.17, 15) is 4.79 Å². The van der Waals surface area contributed by atoms with Crippen LogP contribution in [0.5, 0.6) is 0 Å². The summed E-state index contributed by atoms with van der Waals surface area (Å²) in [7, 11) is 0. The minimum absolute atomic E-state index is 0.00739.